The Hall–Kier alpha value is -2.80. The molecule has 3 rings (SSSR count). The Morgan fingerprint density at radius 3 is 2.52 bits per heavy atom. The second-order valence-electron chi connectivity index (χ2n) is 5.11. The number of nitrogens with zero attached hydrogens (tertiary/aromatic N) is 3. The molecule has 0 atom stereocenters. The zero-order valence-corrected chi connectivity index (χ0v) is 13.3. The number of nitriles is 1. The molecule has 0 N–H and O–H groups in total. The standard InChI is InChI=1S/C15H10F3N3O3S/c16-15(17,18)11-1-3-12(4-2-11)25(22,23)21-5-6-24-14-13(21)7-10(8-19)9-20-14/h1-4,7,9H,5-6H2. The Kier molecular flexibility index (Phi) is 4.04. The highest BCUT2D eigenvalue weighted by Crippen LogP contribution is 2.35. The van der Waals surface area contributed by atoms with Gasteiger partial charge in [-0.3, -0.25) is 4.31 Å². The van der Waals surface area contributed by atoms with Gasteiger partial charge in [-0.15, -0.1) is 0 Å². The van der Waals surface area contributed by atoms with Crippen LogP contribution in [0.5, 0.6) is 5.88 Å². The molecule has 130 valence electrons. The topological polar surface area (TPSA) is 83.3 Å². The molecule has 0 saturated carbocycles. The molecule has 0 bridgehead atoms. The van der Waals surface area contributed by atoms with Crippen LogP contribution < -0.4 is 9.04 Å². The van der Waals surface area contributed by atoms with Gasteiger partial charge < -0.3 is 4.74 Å². The molecule has 0 saturated heterocycles. The summed E-state index contributed by atoms with van der Waals surface area (Å²) in [7, 11) is -4.13. The number of sulfonamides is 1. The third-order valence-electron chi connectivity index (χ3n) is 3.53. The first-order valence-electron chi connectivity index (χ1n) is 6.96. The van der Waals surface area contributed by atoms with E-state index in [1.807, 2.05) is 6.07 Å². The number of ether oxygens (including phenoxy) is 1. The number of benzene rings is 1. The van der Waals surface area contributed by atoms with E-state index in [0.29, 0.717) is 12.1 Å². The van der Waals surface area contributed by atoms with Crippen LogP contribution >= 0.6 is 0 Å². The van der Waals surface area contributed by atoms with Crippen molar-refractivity contribution < 1.29 is 26.3 Å². The molecule has 0 spiro atoms. The molecule has 10 heteroatoms. The SMILES string of the molecule is N#Cc1cnc2c(c1)N(S(=O)(=O)c1ccc(C(F)(F)F)cc1)CCO2. The predicted molar refractivity (Wildman–Crippen MR) is 80.4 cm³/mol. The quantitative estimate of drug-likeness (QED) is 0.812. The summed E-state index contributed by atoms with van der Waals surface area (Å²) in [6.07, 6.45) is -3.31. The summed E-state index contributed by atoms with van der Waals surface area (Å²) in [5, 5.41) is 8.95. The molecule has 0 amide bonds. The minimum atomic E-state index is -4.56. The van der Waals surface area contributed by atoms with E-state index in [1.165, 1.54) is 12.3 Å². The summed E-state index contributed by atoms with van der Waals surface area (Å²) in [5.74, 6) is 0.0423. The smallest absolute Gasteiger partial charge is 0.416 e. The Morgan fingerprint density at radius 2 is 1.92 bits per heavy atom. The summed E-state index contributed by atoms with van der Waals surface area (Å²) in [6, 6.07) is 6.37. The Morgan fingerprint density at radius 1 is 1.24 bits per heavy atom. The van der Waals surface area contributed by atoms with E-state index >= 15 is 0 Å². The van der Waals surface area contributed by atoms with Crippen molar-refractivity contribution in [2.45, 2.75) is 11.1 Å². The lowest BCUT2D eigenvalue weighted by molar-refractivity contribution is -0.137. The van der Waals surface area contributed by atoms with Crippen molar-refractivity contribution in [3.63, 3.8) is 0 Å². The van der Waals surface area contributed by atoms with Gasteiger partial charge in [0, 0.05) is 6.20 Å². The maximum Gasteiger partial charge on any atom is 0.416 e. The third-order valence-corrected chi connectivity index (χ3v) is 5.36. The number of halogens is 3. The van der Waals surface area contributed by atoms with E-state index in [4.69, 9.17) is 10.00 Å². The summed E-state index contributed by atoms with van der Waals surface area (Å²) in [5.41, 5.74) is -0.732. The molecule has 1 aromatic heterocycles. The second-order valence-corrected chi connectivity index (χ2v) is 6.97. The van der Waals surface area contributed by atoms with E-state index in [0.717, 1.165) is 16.4 Å². The van der Waals surface area contributed by atoms with Gasteiger partial charge in [-0.05, 0) is 30.3 Å². The second kappa shape index (κ2) is 5.93. The Balaban J connectivity index is 2.04. The first-order chi connectivity index (χ1) is 11.7. The normalized spacial score (nSPS) is 14.4. The van der Waals surface area contributed by atoms with Gasteiger partial charge in [0.25, 0.3) is 10.0 Å². The molecule has 0 fully saturated rings. The van der Waals surface area contributed by atoms with E-state index < -0.39 is 21.8 Å². The highest BCUT2D eigenvalue weighted by Gasteiger charge is 2.33. The summed E-state index contributed by atoms with van der Waals surface area (Å²) in [4.78, 5) is 3.60. The molecule has 1 aliphatic rings. The van der Waals surface area contributed by atoms with Gasteiger partial charge in [-0.25, -0.2) is 13.4 Å². The highest BCUT2D eigenvalue weighted by molar-refractivity contribution is 7.92. The van der Waals surface area contributed by atoms with Crippen LogP contribution in [0.15, 0.2) is 41.4 Å². The molecule has 0 aliphatic carbocycles. The Bertz CT molecular complexity index is 951. The number of pyridine rings is 1. The van der Waals surface area contributed by atoms with Gasteiger partial charge >= 0.3 is 6.18 Å². The molecule has 2 heterocycles. The van der Waals surface area contributed by atoms with Crippen LogP contribution in [0.2, 0.25) is 0 Å². The van der Waals surface area contributed by atoms with Crippen LogP contribution in [-0.2, 0) is 16.2 Å². The summed E-state index contributed by atoms with van der Waals surface area (Å²) >= 11 is 0. The van der Waals surface area contributed by atoms with Crippen molar-refractivity contribution in [1.29, 1.82) is 5.26 Å². The zero-order valence-electron chi connectivity index (χ0n) is 12.5. The average molecular weight is 369 g/mol. The number of rotatable bonds is 2. The number of alkyl halides is 3. The highest BCUT2D eigenvalue weighted by atomic mass is 32.2. The van der Waals surface area contributed by atoms with Gasteiger partial charge in [-0.2, -0.15) is 18.4 Å². The zero-order chi connectivity index (χ0) is 18.2. The lowest BCUT2D eigenvalue weighted by Gasteiger charge is -2.29. The molecular formula is C15H10F3N3O3S. The van der Waals surface area contributed by atoms with Gasteiger partial charge in [-0.1, -0.05) is 0 Å². The maximum atomic E-state index is 12.8. The largest absolute Gasteiger partial charge is 0.474 e. The third kappa shape index (κ3) is 3.10. The molecule has 1 aliphatic heterocycles. The van der Waals surface area contributed by atoms with E-state index in [-0.39, 0.29) is 35.2 Å². The lowest BCUT2D eigenvalue weighted by Crippen LogP contribution is -2.38. The fourth-order valence-corrected chi connectivity index (χ4v) is 3.77. The summed E-state index contributed by atoms with van der Waals surface area (Å²) < 4.78 is 69.7. The molecule has 0 radical (unpaired) electrons. The van der Waals surface area contributed by atoms with Crippen LogP contribution in [-0.4, -0.2) is 26.6 Å². The van der Waals surface area contributed by atoms with Gasteiger partial charge in [0.2, 0.25) is 5.88 Å². The van der Waals surface area contributed by atoms with Crippen molar-refractivity contribution >= 4 is 15.7 Å². The van der Waals surface area contributed by atoms with Gasteiger partial charge in [0.15, 0.2) is 0 Å². The van der Waals surface area contributed by atoms with Crippen molar-refractivity contribution in [3.05, 3.63) is 47.7 Å². The van der Waals surface area contributed by atoms with Crippen molar-refractivity contribution in [2.75, 3.05) is 17.5 Å². The maximum absolute atomic E-state index is 12.8. The van der Waals surface area contributed by atoms with Crippen molar-refractivity contribution in [1.82, 2.24) is 4.98 Å². The number of aromatic nitrogens is 1. The Labute approximate surface area is 141 Å². The molecule has 6 nitrogen and oxygen atoms in total. The van der Waals surface area contributed by atoms with Gasteiger partial charge in [0.1, 0.15) is 18.4 Å². The van der Waals surface area contributed by atoms with Crippen molar-refractivity contribution in [2.24, 2.45) is 0 Å². The molecule has 25 heavy (non-hydrogen) atoms. The fraction of sp³-hybridized carbons (Fsp3) is 0.200. The van der Waals surface area contributed by atoms with Crippen LogP contribution in [0.4, 0.5) is 18.9 Å². The first kappa shape index (κ1) is 17.0. The molecule has 2 aromatic rings. The monoisotopic (exact) mass is 369 g/mol. The molecule has 1 aromatic carbocycles. The van der Waals surface area contributed by atoms with Crippen LogP contribution in [0.3, 0.4) is 0 Å². The molecule has 0 unspecified atom stereocenters. The van der Waals surface area contributed by atoms with Crippen LogP contribution in [0, 0.1) is 11.3 Å². The number of anilines is 1. The number of hydrogen-bond acceptors (Lipinski definition) is 5. The average Bonchev–Trinajstić information content (AvgIpc) is 2.60. The number of hydrogen-bond donors (Lipinski definition) is 0. The fourth-order valence-electron chi connectivity index (χ4n) is 2.33. The first-order valence-corrected chi connectivity index (χ1v) is 8.40. The predicted octanol–water partition coefficient (Wildman–Crippen LogP) is 2.56. The molecular weight excluding hydrogens is 359 g/mol. The van der Waals surface area contributed by atoms with E-state index in [1.54, 1.807) is 0 Å². The number of fused-ring (bicyclic) bond motifs is 1. The van der Waals surface area contributed by atoms with E-state index in [9.17, 15) is 21.6 Å². The minimum absolute atomic E-state index is 0.0335. The van der Waals surface area contributed by atoms with Gasteiger partial charge in [0.05, 0.1) is 22.6 Å². The van der Waals surface area contributed by atoms with E-state index in [2.05, 4.69) is 4.98 Å². The lowest BCUT2D eigenvalue weighted by atomic mass is 10.2. The minimum Gasteiger partial charge on any atom is -0.474 e. The van der Waals surface area contributed by atoms with Crippen molar-refractivity contribution in [3.8, 4) is 11.9 Å². The van der Waals surface area contributed by atoms with Crippen LogP contribution in [0.1, 0.15) is 11.1 Å². The summed E-state index contributed by atoms with van der Waals surface area (Å²) in [6.45, 7) is -0.0152. The van der Waals surface area contributed by atoms with Crippen LogP contribution in [0.25, 0.3) is 0 Å².